The molecule has 1 aromatic rings. The number of benzene rings is 1. The molecule has 2 aliphatic rings. The molecule has 3 rings (SSSR count). The highest BCUT2D eigenvalue weighted by molar-refractivity contribution is 7.88. The number of nitrogens with zero attached hydrogens (tertiary/aromatic N) is 2. The molecule has 120 valence electrons. The molecule has 0 unspecified atom stereocenters. The van der Waals surface area contributed by atoms with E-state index in [1.54, 1.807) is 28.6 Å². The number of sulfonamides is 1. The highest BCUT2D eigenvalue weighted by atomic mass is 32.2. The van der Waals surface area contributed by atoms with Gasteiger partial charge in [0.05, 0.1) is 5.75 Å². The summed E-state index contributed by atoms with van der Waals surface area (Å²) in [5.41, 5.74) is 1.38. The zero-order valence-electron chi connectivity index (χ0n) is 12.7. The van der Waals surface area contributed by atoms with E-state index in [0.29, 0.717) is 18.7 Å². The van der Waals surface area contributed by atoms with Gasteiger partial charge in [0.2, 0.25) is 10.0 Å². The third kappa shape index (κ3) is 3.33. The lowest BCUT2D eigenvalue weighted by atomic mass is 10.1. The Morgan fingerprint density at radius 3 is 2.05 bits per heavy atom. The summed E-state index contributed by atoms with van der Waals surface area (Å²) < 4.78 is 26.1. The molecule has 5 nitrogen and oxygen atoms in total. The van der Waals surface area contributed by atoms with Crippen molar-refractivity contribution in [2.24, 2.45) is 0 Å². The molecular weight excluding hydrogens is 300 g/mol. The SMILES string of the molecule is O=C(c1ccc(CS(=O)(=O)N2CCCC2)cc1)N1CCCC1. The van der Waals surface area contributed by atoms with Crippen molar-refractivity contribution in [2.75, 3.05) is 26.2 Å². The highest BCUT2D eigenvalue weighted by Crippen LogP contribution is 2.18. The van der Waals surface area contributed by atoms with Gasteiger partial charge in [0.15, 0.2) is 0 Å². The normalized spacial score (nSPS) is 19.7. The standard InChI is InChI=1S/C16H22N2O3S/c19-16(17-9-1-2-10-17)15-7-5-14(6-8-15)13-22(20,21)18-11-3-4-12-18/h5-8H,1-4,9-13H2. The average Bonchev–Trinajstić information content (AvgIpc) is 3.20. The Bertz CT molecular complexity index is 628. The number of likely N-dealkylation sites (tertiary alicyclic amines) is 1. The van der Waals surface area contributed by atoms with Gasteiger partial charge in [-0.2, -0.15) is 0 Å². The second-order valence-corrected chi connectivity index (χ2v) is 8.03. The van der Waals surface area contributed by atoms with Crippen molar-refractivity contribution < 1.29 is 13.2 Å². The zero-order chi connectivity index (χ0) is 15.6. The molecule has 0 radical (unpaired) electrons. The molecule has 2 heterocycles. The summed E-state index contributed by atoms with van der Waals surface area (Å²) in [6, 6.07) is 7.01. The third-order valence-electron chi connectivity index (χ3n) is 4.40. The van der Waals surface area contributed by atoms with Crippen molar-refractivity contribution in [3.05, 3.63) is 35.4 Å². The number of rotatable bonds is 4. The van der Waals surface area contributed by atoms with Gasteiger partial charge >= 0.3 is 0 Å². The maximum atomic E-state index is 12.3. The summed E-state index contributed by atoms with van der Waals surface area (Å²) >= 11 is 0. The molecule has 0 saturated carbocycles. The molecule has 6 heteroatoms. The van der Waals surface area contributed by atoms with E-state index in [0.717, 1.165) is 44.3 Å². The number of carbonyl (C=O) groups excluding carboxylic acids is 1. The molecule has 0 atom stereocenters. The van der Waals surface area contributed by atoms with Crippen LogP contribution in [0.25, 0.3) is 0 Å². The topological polar surface area (TPSA) is 57.7 Å². The minimum absolute atomic E-state index is 0.0190. The van der Waals surface area contributed by atoms with Crippen molar-refractivity contribution in [3.8, 4) is 0 Å². The molecule has 0 bridgehead atoms. The Morgan fingerprint density at radius 2 is 1.45 bits per heavy atom. The quantitative estimate of drug-likeness (QED) is 0.850. The van der Waals surface area contributed by atoms with Crippen molar-refractivity contribution in [1.82, 2.24) is 9.21 Å². The van der Waals surface area contributed by atoms with Gasteiger partial charge in [-0.25, -0.2) is 12.7 Å². The van der Waals surface area contributed by atoms with Crippen LogP contribution in [0.4, 0.5) is 0 Å². The van der Waals surface area contributed by atoms with E-state index < -0.39 is 10.0 Å². The van der Waals surface area contributed by atoms with E-state index in [1.807, 2.05) is 4.90 Å². The molecule has 2 aliphatic heterocycles. The minimum Gasteiger partial charge on any atom is -0.339 e. The maximum absolute atomic E-state index is 12.3. The van der Waals surface area contributed by atoms with Gasteiger partial charge in [0.1, 0.15) is 0 Å². The molecule has 22 heavy (non-hydrogen) atoms. The summed E-state index contributed by atoms with van der Waals surface area (Å²) in [6.07, 6.45) is 4.03. The third-order valence-corrected chi connectivity index (χ3v) is 6.25. The van der Waals surface area contributed by atoms with Crippen LogP contribution in [0.3, 0.4) is 0 Å². The highest BCUT2D eigenvalue weighted by Gasteiger charge is 2.25. The van der Waals surface area contributed by atoms with Crippen LogP contribution in [0.5, 0.6) is 0 Å². The second-order valence-electron chi connectivity index (χ2n) is 6.06. The number of hydrogen-bond donors (Lipinski definition) is 0. The summed E-state index contributed by atoms with van der Waals surface area (Å²) in [7, 11) is -3.22. The Labute approximate surface area is 132 Å². The monoisotopic (exact) mass is 322 g/mol. The fraction of sp³-hybridized carbons (Fsp3) is 0.562. The molecule has 0 aliphatic carbocycles. The summed E-state index contributed by atoms with van der Waals surface area (Å²) in [5.74, 6) is 0.0667. The smallest absolute Gasteiger partial charge is 0.253 e. The lowest BCUT2D eigenvalue weighted by molar-refractivity contribution is 0.0793. The molecule has 2 fully saturated rings. The largest absolute Gasteiger partial charge is 0.339 e. The van der Waals surface area contributed by atoms with Gasteiger partial charge < -0.3 is 4.90 Å². The Kier molecular flexibility index (Phi) is 4.49. The van der Waals surface area contributed by atoms with Crippen LogP contribution in [-0.2, 0) is 15.8 Å². The number of amides is 1. The van der Waals surface area contributed by atoms with Crippen LogP contribution in [0.15, 0.2) is 24.3 Å². The van der Waals surface area contributed by atoms with E-state index in [4.69, 9.17) is 0 Å². The lowest BCUT2D eigenvalue weighted by Gasteiger charge is -2.17. The molecular formula is C16H22N2O3S. The molecule has 1 aromatic carbocycles. The van der Waals surface area contributed by atoms with Crippen LogP contribution in [0.2, 0.25) is 0 Å². The van der Waals surface area contributed by atoms with E-state index >= 15 is 0 Å². The fourth-order valence-corrected chi connectivity index (χ4v) is 4.73. The molecule has 1 amide bonds. The van der Waals surface area contributed by atoms with Gasteiger partial charge in [0, 0.05) is 31.7 Å². The predicted molar refractivity (Wildman–Crippen MR) is 85.0 cm³/mol. The Morgan fingerprint density at radius 1 is 0.909 bits per heavy atom. The van der Waals surface area contributed by atoms with Crippen LogP contribution in [0, 0.1) is 0 Å². The van der Waals surface area contributed by atoms with Crippen molar-refractivity contribution >= 4 is 15.9 Å². The second kappa shape index (κ2) is 6.38. The molecule has 2 saturated heterocycles. The first-order chi connectivity index (χ1) is 10.6. The predicted octanol–water partition coefficient (Wildman–Crippen LogP) is 1.85. The first-order valence-electron chi connectivity index (χ1n) is 7.92. The minimum atomic E-state index is -3.22. The summed E-state index contributed by atoms with van der Waals surface area (Å²) in [5, 5.41) is 0. The van der Waals surface area contributed by atoms with E-state index in [9.17, 15) is 13.2 Å². The van der Waals surface area contributed by atoms with Gasteiger partial charge in [-0.1, -0.05) is 12.1 Å². The van der Waals surface area contributed by atoms with Gasteiger partial charge in [-0.15, -0.1) is 0 Å². The van der Waals surface area contributed by atoms with Gasteiger partial charge in [-0.3, -0.25) is 4.79 Å². The summed E-state index contributed by atoms with van der Waals surface area (Å²) in [4.78, 5) is 14.1. The van der Waals surface area contributed by atoms with Crippen LogP contribution < -0.4 is 0 Å². The first kappa shape index (κ1) is 15.5. The van der Waals surface area contributed by atoms with Crippen molar-refractivity contribution in [1.29, 1.82) is 0 Å². The first-order valence-corrected chi connectivity index (χ1v) is 9.53. The number of hydrogen-bond acceptors (Lipinski definition) is 3. The Balaban J connectivity index is 1.67. The summed E-state index contributed by atoms with van der Waals surface area (Å²) in [6.45, 7) is 2.91. The Hall–Kier alpha value is -1.40. The van der Waals surface area contributed by atoms with E-state index in [2.05, 4.69) is 0 Å². The maximum Gasteiger partial charge on any atom is 0.253 e. The van der Waals surface area contributed by atoms with Crippen molar-refractivity contribution in [3.63, 3.8) is 0 Å². The molecule has 0 N–H and O–H groups in total. The van der Waals surface area contributed by atoms with Crippen LogP contribution >= 0.6 is 0 Å². The van der Waals surface area contributed by atoms with Crippen LogP contribution in [0.1, 0.15) is 41.6 Å². The average molecular weight is 322 g/mol. The zero-order valence-corrected chi connectivity index (χ0v) is 13.5. The molecule has 0 aromatic heterocycles. The van der Waals surface area contributed by atoms with Gasteiger partial charge in [0.25, 0.3) is 5.91 Å². The fourth-order valence-electron chi connectivity index (χ4n) is 3.11. The van der Waals surface area contributed by atoms with Gasteiger partial charge in [-0.05, 0) is 43.4 Å². The van der Waals surface area contributed by atoms with E-state index in [1.165, 1.54) is 0 Å². The lowest BCUT2D eigenvalue weighted by Crippen LogP contribution is -2.29. The van der Waals surface area contributed by atoms with E-state index in [-0.39, 0.29) is 11.7 Å². The molecule has 0 spiro atoms. The van der Waals surface area contributed by atoms with Crippen LogP contribution in [-0.4, -0.2) is 49.7 Å². The van der Waals surface area contributed by atoms with Crippen molar-refractivity contribution in [2.45, 2.75) is 31.4 Å². The number of carbonyl (C=O) groups is 1.